The maximum atomic E-state index is 12.7. The third-order valence-corrected chi connectivity index (χ3v) is 4.98. The molecule has 140 valence electrons. The van der Waals surface area contributed by atoms with Gasteiger partial charge in [-0.3, -0.25) is 9.48 Å². The van der Waals surface area contributed by atoms with Gasteiger partial charge >= 0.3 is 0 Å². The standard InChI is InChI=1S/C20H27N3O3/c1-16-18(13-22(2)21-16)8-9-19(25)23-10-11-26-20(14-23,15-24)12-17-6-4-3-5-7-17/h3-7,13,24H,8-12,14-15H2,1-2H3/t20-/m0/s1. The number of rotatable bonds is 6. The quantitative estimate of drug-likeness (QED) is 0.851. The summed E-state index contributed by atoms with van der Waals surface area (Å²) >= 11 is 0. The molecule has 0 bridgehead atoms. The van der Waals surface area contributed by atoms with Gasteiger partial charge in [-0.15, -0.1) is 0 Å². The minimum absolute atomic E-state index is 0.0995. The van der Waals surface area contributed by atoms with E-state index in [4.69, 9.17) is 4.74 Å². The predicted octanol–water partition coefficient (Wildman–Crippen LogP) is 1.49. The van der Waals surface area contributed by atoms with Crippen molar-refractivity contribution in [3.05, 3.63) is 53.3 Å². The Labute approximate surface area is 154 Å². The molecule has 1 amide bonds. The van der Waals surface area contributed by atoms with Crippen molar-refractivity contribution in [1.82, 2.24) is 14.7 Å². The largest absolute Gasteiger partial charge is 0.393 e. The van der Waals surface area contributed by atoms with Gasteiger partial charge in [0.25, 0.3) is 0 Å². The zero-order valence-corrected chi connectivity index (χ0v) is 15.5. The van der Waals surface area contributed by atoms with Crippen molar-refractivity contribution in [3.63, 3.8) is 0 Å². The summed E-state index contributed by atoms with van der Waals surface area (Å²) in [6.45, 7) is 3.30. The Morgan fingerprint density at radius 1 is 1.35 bits per heavy atom. The maximum Gasteiger partial charge on any atom is 0.223 e. The molecule has 1 N–H and O–H groups in total. The number of morpholine rings is 1. The number of aliphatic hydroxyl groups excluding tert-OH is 1. The van der Waals surface area contributed by atoms with E-state index >= 15 is 0 Å². The fraction of sp³-hybridized carbons (Fsp3) is 0.500. The van der Waals surface area contributed by atoms with Crippen LogP contribution in [0.4, 0.5) is 0 Å². The monoisotopic (exact) mass is 357 g/mol. The van der Waals surface area contributed by atoms with Crippen LogP contribution in [0, 0.1) is 6.92 Å². The molecule has 0 spiro atoms. The number of ether oxygens (including phenoxy) is 1. The van der Waals surface area contributed by atoms with Crippen molar-refractivity contribution >= 4 is 5.91 Å². The first kappa shape index (κ1) is 18.6. The number of nitrogens with zero attached hydrogens (tertiary/aromatic N) is 3. The second-order valence-corrected chi connectivity index (χ2v) is 7.08. The molecule has 0 aliphatic carbocycles. The lowest BCUT2D eigenvalue weighted by Gasteiger charge is -2.42. The molecule has 0 saturated carbocycles. The van der Waals surface area contributed by atoms with E-state index in [0.29, 0.717) is 39.0 Å². The zero-order valence-electron chi connectivity index (χ0n) is 15.5. The van der Waals surface area contributed by atoms with E-state index in [-0.39, 0.29) is 12.5 Å². The van der Waals surface area contributed by atoms with Gasteiger partial charge in [0.2, 0.25) is 5.91 Å². The summed E-state index contributed by atoms with van der Waals surface area (Å²) in [7, 11) is 1.89. The Hall–Kier alpha value is -2.18. The lowest BCUT2D eigenvalue weighted by atomic mass is 9.93. The summed E-state index contributed by atoms with van der Waals surface area (Å²) in [5.41, 5.74) is 2.45. The van der Waals surface area contributed by atoms with Crippen LogP contribution in [-0.2, 0) is 29.4 Å². The fourth-order valence-corrected chi connectivity index (χ4v) is 3.58. The Morgan fingerprint density at radius 2 is 2.12 bits per heavy atom. The molecule has 26 heavy (non-hydrogen) atoms. The molecule has 0 unspecified atom stereocenters. The molecule has 3 rings (SSSR count). The second kappa shape index (κ2) is 8.01. The molecular weight excluding hydrogens is 330 g/mol. The number of hydrogen-bond acceptors (Lipinski definition) is 4. The predicted molar refractivity (Wildman–Crippen MR) is 98.8 cm³/mol. The smallest absolute Gasteiger partial charge is 0.223 e. The highest BCUT2D eigenvalue weighted by Crippen LogP contribution is 2.24. The molecule has 1 atom stereocenters. The van der Waals surface area contributed by atoms with E-state index in [1.165, 1.54) is 0 Å². The van der Waals surface area contributed by atoms with Gasteiger partial charge < -0.3 is 14.7 Å². The molecule has 6 nitrogen and oxygen atoms in total. The molecule has 2 aromatic rings. The van der Waals surface area contributed by atoms with Crippen molar-refractivity contribution in [2.24, 2.45) is 7.05 Å². The van der Waals surface area contributed by atoms with Crippen LogP contribution in [0.25, 0.3) is 0 Å². The second-order valence-electron chi connectivity index (χ2n) is 7.08. The van der Waals surface area contributed by atoms with Crippen LogP contribution in [-0.4, -0.2) is 57.6 Å². The molecule has 1 aromatic heterocycles. The van der Waals surface area contributed by atoms with Crippen LogP contribution in [0.3, 0.4) is 0 Å². The number of aromatic nitrogens is 2. The van der Waals surface area contributed by atoms with Gasteiger partial charge in [0.15, 0.2) is 0 Å². The van der Waals surface area contributed by atoms with Crippen molar-refractivity contribution in [2.45, 2.75) is 31.8 Å². The molecule has 1 saturated heterocycles. The van der Waals surface area contributed by atoms with E-state index in [2.05, 4.69) is 5.10 Å². The Morgan fingerprint density at radius 3 is 2.77 bits per heavy atom. The molecule has 1 aliphatic rings. The third-order valence-electron chi connectivity index (χ3n) is 4.98. The van der Waals surface area contributed by atoms with Crippen LogP contribution >= 0.6 is 0 Å². The Bertz CT molecular complexity index is 744. The van der Waals surface area contributed by atoms with Crippen LogP contribution in [0.2, 0.25) is 0 Å². The van der Waals surface area contributed by atoms with Gasteiger partial charge in [-0.2, -0.15) is 5.10 Å². The number of benzene rings is 1. The molecule has 1 fully saturated rings. The molecule has 1 aliphatic heterocycles. The summed E-state index contributed by atoms with van der Waals surface area (Å²) in [6, 6.07) is 9.96. The van der Waals surface area contributed by atoms with Crippen LogP contribution in [0.1, 0.15) is 23.2 Å². The van der Waals surface area contributed by atoms with E-state index in [0.717, 1.165) is 16.8 Å². The number of aryl methyl sites for hydroxylation is 3. The van der Waals surface area contributed by atoms with E-state index in [9.17, 15) is 9.90 Å². The zero-order chi connectivity index (χ0) is 18.6. The molecule has 2 heterocycles. The third kappa shape index (κ3) is 4.31. The van der Waals surface area contributed by atoms with Crippen molar-refractivity contribution < 1.29 is 14.6 Å². The number of aliphatic hydroxyl groups is 1. The number of carbonyl (C=O) groups excluding carboxylic acids is 1. The number of carbonyl (C=O) groups is 1. The van der Waals surface area contributed by atoms with Crippen molar-refractivity contribution in [3.8, 4) is 0 Å². The van der Waals surface area contributed by atoms with Gasteiger partial charge in [0.05, 0.1) is 25.5 Å². The summed E-state index contributed by atoms with van der Waals surface area (Å²) in [5, 5.41) is 14.3. The average molecular weight is 357 g/mol. The van der Waals surface area contributed by atoms with Crippen LogP contribution in [0.15, 0.2) is 36.5 Å². The highest BCUT2D eigenvalue weighted by Gasteiger charge is 2.38. The SMILES string of the molecule is Cc1nn(C)cc1CCC(=O)N1CCO[C@@](CO)(Cc2ccccc2)C1. The van der Waals surface area contributed by atoms with E-state index in [1.54, 1.807) is 4.68 Å². The highest BCUT2D eigenvalue weighted by atomic mass is 16.5. The first-order valence-electron chi connectivity index (χ1n) is 9.07. The van der Waals surface area contributed by atoms with Gasteiger partial charge in [-0.1, -0.05) is 30.3 Å². The minimum Gasteiger partial charge on any atom is -0.393 e. The van der Waals surface area contributed by atoms with Gasteiger partial charge in [0.1, 0.15) is 5.60 Å². The van der Waals surface area contributed by atoms with E-state index < -0.39 is 5.60 Å². The summed E-state index contributed by atoms with van der Waals surface area (Å²) < 4.78 is 7.71. The summed E-state index contributed by atoms with van der Waals surface area (Å²) in [4.78, 5) is 14.5. The van der Waals surface area contributed by atoms with Crippen molar-refractivity contribution in [2.75, 3.05) is 26.3 Å². The van der Waals surface area contributed by atoms with Crippen LogP contribution in [0.5, 0.6) is 0 Å². The summed E-state index contributed by atoms with van der Waals surface area (Å²) in [5.74, 6) is 0.0995. The number of hydrogen-bond donors (Lipinski definition) is 1. The van der Waals surface area contributed by atoms with Gasteiger partial charge in [0, 0.05) is 32.6 Å². The molecule has 1 aromatic carbocycles. The normalized spacial score (nSPS) is 20.3. The highest BCUT2D eigenvalue weighted by molar-refractivity contribution is 5.76. The first-order chi connectivity index (χ1) is 12.5. The fourth-order valence-electron chi connectivity index (χ4n) is 3.58. The number of amides is 1. The maximum absolute atomic E-state index is 12.7. The molecule has 6 heteroatoms. The lowest BCUT2D eigenvalue weighted by Crippen LogP contribution is -2.56. The van der Waals surface area contributed by atoms with Gasteiger partial charge in [-0.05, 0) is 24.5 Å². The lowest BCUT2D eigenvalue weighted by molar-refractivity contribution is -0.157. The topological polar surface area (TPSA) is 67.6 Å². The van der Waals surface area contributed by atoms with Crippen LogP contribution < -0.4 is 0 Å². The van der Waals surface area contributed by atoms with Crippen molar-refractivity contribution in [1.29, 1.82) is 0 Å². The molecular formula is C20H27N3O3. The Kier molecular flexibility index (Phi) is 5.74. The summed E-state index contributed by atoms with van der Waals surface area (Å²) in [6.07, 6.45) is 3.69. The van der Waals surface area contributed by atoms with E-state index in [1.807, 2.05) is 55.4 Å². The minimum atomic E-state index is -0.723. The Balaban J connectivity index is 1.62. The van der Waals surface area contributed by atoms with Gasteiger partial charge in [-0.25, -0.2) is 0 Å². The average Bonchev–Trinajstić information content (AvgIpc) is 2.98. The first-order valence-corrected chi connectivity index (χ1v) is 9.07. The molecule has 0 radical (unpaired) electrons.